The van der Waals surface area contributed by atoms with Gasteiger partial charge in [-0.2, -0.15) is 0 Å². The largest absolute Gasteiger partial charge is 0.0616 e. The van der Waals surface area contributed by atoms with Crippen molar-refractivity contribution in [2.24, 2.45) is 0 Å². The second kappa shape index (κ2) is 5.58. The average molecular weight is 361 g/mol. The standard InChI is InChI=1S/C28H24/c1-16(2)28-17(3)8-9-22-21-10-11-23-24-13-19-7-5-4-6-18(19)12-20(24)14-25(23)26(21)15-27(22)28/h4-13,16H,14-15H2,1-3H3. The van der Waals surface area contributed by atoms with Crippen molar-refractivity contribution >= 4 is 10.8 Å². The second-order valence-electron chi connectivity index (χ2n) is 8.80. The van der Waals surface area contributed by atoms with Gasteiger partial charge in [-0.3, -0.25) is 0 Å². The Balaban J connectivity index is 1.55. The van der Waals surface area contributed by atoms with Gasteiger partial charge in [0.15, 0.2) is 0 Å². The van der Waals surface area contributed by atoms with E-state index in [0.29, 0.717) is 5.92 Å². The van der Waals surface area contributed by atoms with Gasteiger partial charge in [0.2, 0.25) is 0 Å². The zero-order valence-electron chi connectivity index (χ0n) is 16.8. The summed E-state index contributed by atoms with van der Waals surface area (Å²) in [4.78, 5) is 0. The molecule has 0 fully saturated rings. The van der Waals surface area contributed by atoms with Crippen molar-refractivity contribution in [3.8, 4) is 22.3 Å². The molecule has 28 heavy (non-hydrogen) atoms. The molecule has 0 spiro atoms. The Hall–Kier alpha value is -2.86. The molecule has 136 valence electrons. The zero-order valence-corrected chi connectivity index (χ0v) is 16.8. The Kier molecular flexibility index (Phi) is 3.21. The maximum Gasteiger partial charge on any atom is -0.000744 e. The van der Waals surface area contributed by atoms with E-state index in [0.717, 1.165) is 12.8 Å². The number of benzene rings is 4. The van der Waals surface area contributed by atoms with Crippen molar-refractivity contribution in [2.75, 3.05) is 0 Å². The molecule has 4 aromatic rings. The van der Waals surface area contributed by atoms with Crippen LogP contribution >= 0.6 is 0 Å². The topological polar surface area (TPSA) is 0 Å². The van der Waals surface area contributed by atoms with Gasteiger partial charge < -0.3 is 0 Å². The predicted octanol–water partition coefficient (Wildman–Crippen LogP) is 7.41. The summed E-state index contributed by atoms with van der Waals surface area (Å²) in [5, 5.41) is 2.70. The molecule has 0 aromatic heterocycles. The van der Waals surface area contributed by atoms with E-state index in [-0.39, 0.29) is 0 Å². The highest BCUT2D eigenvalue weighted by molar-refractivity contribution is 5.94. The van der Waals surface area contributed by atoms with Gasteiger partial charge in [-0.05, 0) is 98.2 Å². The Bertz CT molecular complexity index is 1290. The Morgan fingerprint density at radius 2 is 1.25 bits per heavy atom. The van der Waals surface area contributed by atoms with Gasteiger partial charge in [0, 0.05) is 0 Å². The molecule has 4 aromatic carbocycles. The summed E-state index contributed by atoms with van der Waals surface area (Å²) >= 11 is 0. The Morgan fingerprint density at radius 3 is 2.00 bits per heavy atom. The van der Waals surface area contributed by atoms with Crippen molar-refractivity contribution in [2.45, 2.75) is 39.5 Å². The van der Waals surface area contributed by atoms with Gasteiger partial charge in [0.25, 0.3) is 0 Å². The third-order valence-electron chi connectivity index (χ3n) is 6.86. The molecule has 0 nitrogen and oxygen atoms in total. The number of fused-ring (bicyclic) bond motifs is 8. The van der Waals surface area contributed by atoms with Gasteiger partial charge >= 0.3 is 0 Å². The molecule has 0 atom stereocenters. The van der Waals surface area contributed by atoms with E-state index in [4.69, 9.17) is 0 Å². The minimum atomic E-state index is 0.569. The first kappa shape index (κ1) is 16.1. The van der Waals surface area contributed by atoms with Gasteiger partial charge in [-0.25, -0.2) is 0 Å². The lowest BCUT2D eigenvalue weighted by Crippen LogP contribution is -1.99. The lowest BCUT2D eigenvalue weighted by Gasteiger charge is -2.15. The van der Waals surface area contributed by atoms with Crippen LogP contribution in [0, 0.1) is 6.92 Å². The second-order valence-corrected chi connectivity index (χ2v) is 8.80. The molecule has 0 heterocycles. The Labute approximate surface area is 166 Å². The normalized spacial score (nSPS) is 13.6. The van der Waals surface area contributed by atoms with Crippen molar-refractivity contribution in [1.29, 1.82) is 0 Å². The first-order chi connectivity index (χ1) is 13.6. The van der Waals surface area contributed by atoms with Crippen LogP contribution in [-0.2, 0) is 12.8 Å². The Morgan fingerprint density at radius 1 is 0.643 bits per heavy atom. The first-order valence-corrected chi connectivity index (χ1v) is 10.4. The van der Waals surface area contributed by atoms with E-state index in [1.165, 1.54) is 44.2 Å². The van der Waals surface area contributed by atoms with Crippen LogP contribution in [0.25, 0.3) is 33.0 Å². The minimum absolute atomic E-state index is 0.569. The van der Waals surface area contributed by atoms with Crippen LogP contribution in [-0.4, -0.2) is 0 Å². The molecule has 0 saturated heterocycles. The molecule has 0 radical (unpaired) electrons. The van der Waals surface area contributed by atoms with Crippen molar-refractivity contribution in [3.05, 3.63) is 94.0 Å². The molecule has 0 unspecified atom stereocenters. The minimum Gasteiger partial charge on any atom is -0.0616 e. The fourth-order valence-electron chi connectivity index (χ4n) is 5.68. The van der Waals surface area contributed by atoms with E-state index in [9.17, 15) is 0 Å². The number of rotatable bonds is 1. The van der Waals surface area contributed by atoms with Crippen LogP contribution in [0.2, 0.25) is 0 Å². The molecular weight excluding hydrogens is 336 g/mol. The predicted molar refractivity (Wildman–Crippen MR) is 119 cm³/mol. The highest BCUT2D eigenvalue weighted by Crippen LogP contribution is 2.48. The summed E-state index contributed by atoms with van der Waals surface area (Å²) in [6.45, 7) is 6.93. The van der Waals surface area contributed by atoms with E-state index in [2.05, 4.69) is 81.4 Å². The third-order valence-corrected chi connectivity index (χ3v) is 6.86. The van der Waals surface area contributed by atoms with Crippen LogP contribution in [0.1, 0.15) is 53.1 Å². The van der Waals surface area contributed by atoms with Gasteiger partial charge in [-0.15, -0.1) is 0 Å². The lowest BCUT2D eigenvalue weighted by atomic mass is 9.89. The molecular formula is C28H24. The van der Waals surface area contributed by atoms with Gasteiger partial charge in [0.1, 0.15) is 0 Å². The number of aryl methyl sites for hydroxylation is 1. The first-order valence-electron chi connectivity index (χ1n) is 10.4. The van der Waals surface area contributed by atoms with Gasteiger partial charge in [0.05, 0.1) is 0 Å². The smallest absolute Gasteiger partial charge is 0.000744 e. The highest BCUT2D eigenvalue weighted by atomic mass is 14.3. The van der Waals surface area contributed by atoms with Crippen molar-refractivity contribution in [1.82, 2.24) is 0 Å². The van der Waals surface area contributed by atoms with Crippen molar-refractivity contribution < 1.29 is 0 Å². The summed E-state index contributed by atoms with van der Waals surface area (Å²) in [5.41, 5.74) is 15.0. The quantitative estimate of drug-likeness (QED) is 0.286. The maximum atomic E-state index is 2.41. The van der Waals surface area contributed by atoms with Crippen LogP contribution in [0.15, 0.2) is 60.7 Å². The molecule has 2 aliphatic rings. The van der Waals surface area contributed by atoms with Crippen LogP contribution in [0.3, 0.4) is 0 Å². The summed E-state index contributed by atoms with van der Waals surface area (Å²) in [7, 11) is 0. The van der Waals surface area contributed by atoms with Crippen molar-refractivity contribution in [3.63, 3.8) is 0 Å². The van der Waals surface area contributed by atoms with Crippen LogP contribution < -0.4 is 0 Å². The SMILES string of the molecule is Cc1ccc2c(c1C(C)C)Cc1c-2ccc2c1Cc1cc3ccccc3cc1-2. The van der Waals surface area contributed by atoms with E-state index >= 15 is 0 Å². The summed E-state index contributed by atoms with van der Waals surface area (Å²) in [6, 6.07) is 23.0. The molecule has 0 aliphatic heterocycles. The van der Waals surface area contributed by atoms with Crippen LogP contribution in [0.5, 0.6) is 0 Å². The van der Waals surface area contributed by atoms with E-state index in [1.807, 2.05) is 0 Å². The molecule has 0 amide bonds. The van der Waals surface area contributed by atoms with E-state index in [1.54, 1.807) is 22.3 Å². The summed E-state index contributed by atoms with van der Waals surface area (Å²) in [5.74, 6) is 0.569. The number of hydrogen-bond acceptors (Lipinski definition) is 0. The fraction of sp³-hybridized carbons (Fsp3) is 0.214. The monoisotopic (exact) mass is 360 g/mol. The molecule has 0 bridgehead atoms. The van der Waals surface area contributed by atoms with Crippen LogP contribution in [0.4, 0.5) is 0 Å². The molecule has 2 aliphatic carbocycles. The summed E-state index contributed by atoms with van der Waals surface area (Å²) < 4.78 is 0. The summed E-state index contributed by atoms with van der Waals surface area (Å²) in [6.07, 6.45) is 2.17. The lowest BCUT2D eigenvalue weighted by molar-refractivity contribution is 0.842. The number of hydrogen-bond donors (Lipinski definition) is 0. The maximum absolute atomic E-state index is 2.41. The van der Waals surface area contributed by atoms with Gasteiger partial charge in [-0.1, -0.05) is 68.4 Å². The zero-order chi connectivity index (χ0) is 19.0. The molecule has 0 heteroatoms. The molecule has 0 N–H and O–H groups in total. The average Bonchev–Trinajstić information content (AvgIpc) is 3.23. The molecule has 6 rings (SSSR count). The molecule has 0 saturated carbocycles. The highest BCUT2D eigenvalue weighted by Gasteiger charge is 2.30. The van der Waals surface area contributed by atoms with E-state index < -0.39 is 0 Å². The third kappa shape index (κ3) is 2.06. The fourth-order valence-corrected chi connectivity index (χ4v) is 5.68.